The van der Waals surface area contributed by atoms with Crippen molar-refractivity contribution < 1.29 is 40.2 Å². The van der Waals surface area contributed by atoms with Gasteiger partial charge in [0.15, 0.2) is 0 Å². The van der Waals surface area contributed by atoms with E-state index in [0.717, 1.165) is 24.3 Å². The van der Waals surface area contributed by atoms with E-state index < -0.39 is 23.6 Å². The molecule has 0 saturated carbocycles. The molecule has 0 aromatic heterocycles. The molecule has 0 bridgehead atoms. The molecule has 0 unspecified atom stereocenters. The number of carbonyl (C=O) groups is 4. The standard InChI is InChI=1S/2C4H3NO2.W/c2*6-3-1-2-4(7)5-3;/h2*1-2H,(H,5,6,7);/q;;+2/p-2. The second-order valence-electron chi connectivity index (χ2n) is 2.24. The smallest absolute Gasteiger partial charge is 0.589 e. The Hall–Kier alpha value is -1.55. The second-order valence-corrected chi connectivity index (χ2v) is 2.24. The van der Waals surface area contributed by atoms with Crippen molar-refractivity contribution in [2.75, 3.05) is 0 Å². The van der Waals surface area contributed by atoms with Crippen LogP contribution in [0.15, 0.2) is 24.3 Å². The normalized spacial score (nSPS) is 16.5. The number of carbonyl (C=O) groups excluding carboxylic acids is 4. The average Bonchev–Trinajstić information content (AvgIpc) is 2.63. The Labute approximate surface area is 99.0 Å². The molecule has 0 spiro atoms. The summed E-state index contributed by atoms with van der Waals surface area (Å²) < 4.78 is 0. The average molecular weight is 376 g/mol. The Bertz CT molecular complexity index is 305. The van der Waals surface area contributed by atoms with Crippen LogP contribution >= 0.6 is 0 Å². The molecule has 0 atom stereocenters. The van der Waals surface area contributed by atoms with Gasteiger partial charge in [0.05, 0.1) is 23.6 Å². The SMILES string of the molecule is O=C1C=CC(=O)[N-]1.O=C1C=CC(=O)[N-]1.[W+2]. The largest absolute Gasteiger partial charge is 2.00 e. The third-order valence-corrected chi connectivity index (χ3v) is 1.18. The summed E-state index contributed by atoms with van der Waals surface area (Å²) in [7, 11) is 0. The number of rotatable bonds is 0. The summed E-state index contributed by atoms with van der Waals surface area (Å²) in [5.41, 5.74) is 0. The van der Waals surface area contributed by atoms with Crippen LogP contribution in [0.5, 0.6) is 0 Å². The molecule has 76 valence electrons. The van der Waals surface area contributed by atoms with E-state index in [2.05, 4.69) is 10.6 Å². The van der Waals surface area contributed by atoms with Crippen LogP contribution < -0.4 is 0 Å². The Morgan fingerprint density at radius 2 is 0.800 bits per heavy atom. The van der Waals surface area contributed by atoms with Gasteiger partial charge in [-0.2, -0.15) is 0 Å². The van der Waals surface area contributed by atoms with Crippen LogP contribution in [0.2, 0.25) is 0 Å². The molecule has 0 saturated heterocycles. The van der Waals surface area contributed by atoms with Gasteiger partial charge in [-0.1, -0.05) is 0 Å². The minimum atomic E-state index is -0.454. The molecule has 2 aliphatic heterocycles. The Morgan fingerprint density at radius 1 is 0.600 bits per heavy atom. The summed E-state index contributed by atoms with van der Waals surface area (Å²) in [6, 6.07) is 0. The molecule has 0 radical (unpaired) electrons. The maximum atomic E-state index is 9.98. The number of imide groups is 2. The van der Waals surface area contributed by atoms with Crippen molar-refractivity contribution in [2.24, 2.45) is 0 Å². The van der Waals surface area contributed by atoms with Gasteiger partial charge < -0.3 is 29.8 Å². The molecule has 0 aliphatic carbocycles. The van der Waals surface area contributed by atoms with Crippen molar-refractivity contribution in [3.05, 3.63) is 34.9 Å². The van der Waals surface area contributed by atoms with Gasteiger partial charge in [0.25, 0.3) is 0 Å². The van der Waals surface area contributed by atoms with Gasteiger partial charge in [-0.3, -0.25) is 0 Å². The Morgan fingerprint density at radius 3 is 0.867 bits per heavy atom. The van der Waals surface area contributed by atoms with Crippen LogP contribution in [0.25, 0.3) is 10.6 Å². The van der Waals surface area contributed by atoms with Crippen LogP contribution in [-0.4, -0.2) is 23.6 Å². The first kappa shape index (κ1) is 13.4. The van der Waals surface area contributed by atoms with E-state index in [1.54, 1.807) is 0 Å². The van der Waals surface area contributed by atoms with E-state index >= 15 is 0 Å². The molecule has 6 nitrogen and oxygen atoms in total. The van der Waals surface area contributed by atoms with Crippen molar-refractivity contribution in [1.82, 2.24) is 0 Å². The predicted octanol–water partition coefficient (Wildman–Crippen LogP) is -0.0363. The van der Waals surface area contributed by atoms with Crippen LogP contribution in [0.3, 0.4) is 0 Å². The molecule has 0 aromatic carbocycles. The van der Waals surface area contributed by atoms with Gasteiger partial charge in [0, 0.05) is 0 Å². The molecule has 2 aliphatic rings. The number of amides is 4. The zero-order valence-electron chi connectivity index (χ0n) is 7.25. The third-order valence-electron chi connectivity index (χ3n) is 1.18. The van der Waals surface area contributed by atoms with Crippen molar-refractivity contribution in [1.29, 1.82) is 0 Å². The molecule has 2 rings (SSSR count). The van der Waals surface area contributed by atoms with Crippen molar-refractivity contribution >= 4 is 23.6 Å². The molecule has 0 N–H and O–H groups in total. The maximum Gasteiger partial charge on any atom is 2.00 e. The summed E-state index contributed by atoms with van der Waals surface area (Å²) in [6.45, 7) is 0. The fourth-order valence-electron chi connectivity index (χ4n) is 0.651. The van der Waals surface area contributed by atoms with Gasteiger partial charge >= 0.3 is 21.1 Å². The van der Waals surface area contributed by atoms with Crippen molar-refractivity contribution in [3.63, 3.8) is 0 Å². The van der Waals surface area contributed by atoms with Gasteiger partial charge in [0.1, 0.15) is 0 Å². The van der Waals surface area contributed by atoms with Gasteiger partial charge in [-0.05, 0) is 24.3 Å². The summed E-state index contributed by atoms with van der Waals surface area (Å²) in [4.78, 5) is 39.9. The minimum absolute atomic E-state index is 0. The first-order chi connectivity index (χ1) is 6.58. The number of nitrogens with zero attached hydrogens (tertiary/aromatic N) is 2. The molecule has 0 aromatic rings. The Balaban J connectivity index is 0.000000245. The van der Waals surface area contributed by atoms with Crippen molar-refractivity contribution in [2.45, 2.75) is 0 Å². The van der Waals surface area contributed by atoms with Gasteiger partial charge in [-0.25, -0.2) is 0 Å². The fourth-order valence-corrected chi connectivity index (χ4v) is 0.651. The number of hydrogen-bond donors (Lipinski definition) is 0. The zero-order valence-corrected chi connectivity index (χ0v) is 10.2. The monoisotopic (exact) mass is 376 g/mol. The van der Waals surface area contributed by atoms with Crippen LogP contribution in [0, 0.1) is 0 Å². The van der Waals surface area contributed by atoms with E-state index in [1.165, 1.54) is 0 Å². The summed E-state index contributed by atoms with van der Waals surface area (Å²) in [5, 5.41) is 6.00. The topological polar surface area (TPSA) is 96.5 Å². The second kappa shape index (κ2) is 6.03. The van der Waals surface area contributed by atoms with Crippen molar-refractivity contribution in [3.8, 4) is 0 Å². The van der Waals surface area contributed by atoms with Crippen LogP contribution in [0.4, 0.5) is 0 Å². The van der Waals surface area contributed by atoms with Gasteiger partial charge in [-0.15, -0.1) is 0 Å². The summed E-state index contributed by atoms with van der Waals surface area (Å²) in [5.74, 6) is -1.81. The molecule has 7 heteroatoms. The third kappa shape index (κ3) is 5.02. The van der Waals surface area contributed by atoms with E-state index in [4.69, 9.17) is 0 Å². The molecule has 0 fully saturated rings. The summed E-state index contributed by atoms with van der Waals surface area (Å²) in [6.07, 6.45) is 4.56. The predicted molar refractivity (Wildman–Crippen MR) is 45.0 cm³/mol. The van der Waals surface area contributed by atoms with E-state index in [-0.39, 0.29) is 21.1 Å². The van der Waals surface area contributed by atoms with E-state index in [9.17, 15) is 19.2 Å². The maximum absolute atomic E-state index is 9.98. The molecular formula is C8H4N2O4W. The van der Waals surface area contributed by atoms with E-state index in [0.29, 0.717) is 0 Å². The fraction of sp³-hybridized carbons (Fsp3) is 0. The molecule has 4 amide bonds. The van der Waals surface area contributed by atoms with Crippen LogP contribution in [0.1, 0.15) is 0 Å². The molecule has 15 heavy (non-hydrogen) atoms. The van der Waals surface area contributed by atoms with Crippen LogP contribution in [-0.2, 0) is 40.2 Å². The first-order valence-corrected chi connectivity index (χ1v) is 3.53. The minimum Gasteiger partial charge on any atom is -0.589 e. The zero-order chi connectivity index (χ0) is 10.6. The molecule has 2 heterocycles. The molecular weight excluding hydrogens is 372 g/mol. The Kier molecular flexibility index (Phi) is 5.41. The summed E-state index contributed by atoms with van der Waals surface area (Å²) >= 11 is 0. The number of hydrogen-bond acceptors (Lipinski definition) is 4. The van der Waals surface area contributed by atoms with E-state index in [1.807, 2.05) is 0 Å². The first-order valence-electron chi connectivity index (χ1n) is 3.53. The van der Waals surface area contributed by atoms with Gasteiger partial charge in [0.2, 0.25) is 0 Å². The quantitative estimate of drug-likeness (QED) is 0.555.